The summed E-state index contributed by atoms with van der Waals surface area (Å²) in [5, 5.41) is 2.79. The van der Waals surface area contributed by atoms with E-state index in [1.54, 1.807) is 0 Å². The first-order valence-electron chi connectivity index (χ1n) is 3.90. The molecule has 0 spiro atoms. The van der Waals surface area contributed by atoms with E-state index in [-0.39, 0.29) is 50.7 Å². The normalized spacial score (nSPS) is 8.43. The van der Waals surface area contributed by atoms with Crippen molar-refractivity contribution in [3.63, 3.8) is 0 Å². The second-order valence-electron chi connectivity index (χ2n) is 3.05. The molecule has 0 aliphatic heterocycles. The summed E-state index contributed by atoms with van der Waals surface area (Å²) in [4.78, 5) is 0. The standard InChI is InChI=1S/C11H11.2ClH.Hf/c1-8-6-7-9(2)11-5-3-4-10(8)11;;;/h3-7H,1-2H3;2*1H;/q-1;;;. The van der Waals surface area contributed by atoms with Gasteiger partial charge in [0.05, 0.1) is 0 Å². The molecule has 0 bridgehead atoms. The first-order chi connectivity index (χ1) is 5.29. The van der Waals surface area contributed by atoms with Crippen LogP contribution in [0.2, 0.25) is 0 Å². The zero-order valence-corrected chi connectivity index (χ0v) is 13.4. The van der Waals surface area contributed by atoms with Crippen LogP contribution in [-0.2, 0) is 25.8 Å². The Kier molecular flexibility index (Phi) is 8.00. The molecular weight excluding hydrogens is 382 g/mol. The Hall–Kier alpha value is 0.280. The van der Waals surface area contributed by atoms with Crippen molar-refractivity contribution in [2.24, 2.45) is 0 Å². The van der Waals surface area contributed by atoms with Gasteiger partial charge in [-0.05, 0) is 6.92 Å². The van der Waals surface area contributed by atoms with E-state index in [0.717, 1.165) is 0 Å². The van der Waals surface area contributed by atoms with Crippen molar-refractivity contribution in [2.45, 2.75) is 13.8 Å². The van der Waals surface area contributed by atoms with Crippen LogP contribution >= 0.6 is 24.8 Å². The molecule has 0 amide bonds. The second kappa shape index (κ2) is 6.71. The largest absolute Gasteiger partial charge is 0.168 e. The number of hydrogen-bond donors (Lipinski definition) is 0. The molecule has 14 heavy (non-hydrogen) atoms. The van der Waals surface area contributed by atoms with Crippen LogP contribution in [-0.4, -0.2) is 0 Å². The molecule has 2 aromatic rings. The third-order valence-corrected chi connectivity index (χ3v) is 2.25. The quantitative estimate of drug-likeness (QED) is 0.468. The topological polar surface area (TPSA) is 0 Å². The molecule has 0 radical (unpaired) electrons. The van der Waals surface area contributed by atoms with Gasteiger partial charge in [-0.2, -0.15) is 12.1 Å². The third-order valence-electron chi connectivity index (χ3n) is 2.25. The minimum atomic E-state index is 0. The Bertz CT molecular complexity index is 357. The Balaban J connectivity index is 0. The molecule has 0 fully saturated rings. The molecule has 0 aliphatic carbocycles. The molecule has 2 rings (SSSR count). The van der Waals surface area contributed by atoms with Crippen LogP contribution in [0, 0.1) is 13.8 Å². The van der Waals surface area contributed by atoms with E-state index in [2.05, 4.69) is 44.2 Å². The van der Waals surface area contributed by atoms with Gasteiger partial charge < -0.3 is 0 Å². The fraction of sp³-hybridized carbons (Fsp3) is 0.182. The first-order valence-corrected chi connectivity index (χ1v) is 3.90. The van der Waals surface area contributed by atoms with Crippen molar-refractivity contribution >= 4 is 35.6 Å². The summed E-state index contributed by atoms with van der Waals surface area (Å²) in [7, 11) is 0. The van der Waals surface area contributed by atoms with Crippen LogP contribution in [0.4, 0.5) is 0 Å². The van der Waals surface area contributed by atoms with Gasteiger partial charge in [-0.15, -0.1) is 53.3 Å². The van der Waals surface area contributed by atoms with Crippen LogP contribution in [0.15, 0.2) is 30.3 Å². The molecule has 0 atom stereocenters. The van der Waals surface area contributed by atoms with Crippen LogP contribution < -0.4 is 0 Å². The molecule has 0 nitrogen and oxygen atoms in total. The minimum Gasteiger partial charge on any atom is -0.168 e. The molecule has 0 N–H and O–H groups in total. The predicted molar refractivity (Wildman–Crippen MR) is 63.5 cm³/mol. The Labute approximate surface area is 116 Å². The van der Waals surface area contributed by atoms with E-state index in [9.17, 15) is 0 Å². The van der Waals surface area contributed by atoms with Crippen molar-refractivity contribution < 1.29 is 25.8 Å². The minimum absolute atomic E-state index is 0. The van der Waals surface area contributed by atoms with Gasteiger partial charge in [0.15, 0.2) is 0 Å². The van der Waals surface area contributed by atoms with Gasteiger partial charge in [0, 0.05) is 25.8 Å². The number of fused-ring (bicyclic) bond motifs is 1. The fourth-order valence-corrected chi connectivity index (χ4v) is 1.54. The smallest absolute Gasteiger partial charge is 0 e. The predicted octanol–water partition coefficient (Wildman–Crippen LogP) is 4.02. The van der Waals surface area contributed by atoms with Crippen molar-refractivity contribution in [1.82, 2.24) is 0 Å². The summed E-state index contributed by atoms with van der Waals surface area (Å²) < 4.78 is 0. The van der Waals surface area contributed by atoms with E-state index < -0.39 is 0 Å². The fourth-order valence-electron chi connectivity index (χ4n) is 1.54. The first kappa shape index (κ1) is 16.7. The molecule has 76 valence electrons. The third kappa shape index (κ3) is 2.88. The van der Waals surface area contributed by atoms with Crippen LogP contribution in [0.3, 0.4) is 0 Å². The zero-order valence-electron chi connectivity index (χ0n) is 8.20. The number of halogens is 2. The van der Waals surface area contributed by atoms with Gasteiger partial charge in [-0.25, -0.2) is 0 Å². The van der Waals surface area contributed by atoms with Gasteiger partial charge >= 0.3 is 0 Å². The maximum absolute atomic E-state index is 2.18. The summed E-state index contributed by atoms with van der Waals surface area (Å²) in [5.41, 5.74) is 2.74. The zero-order chi connectivity index (χ0) is 7.84. The average molecular weight is 395 g/mol. The molecule has 0 heterocycles. The Morgan fingerprint density at radius 1 is 0.929 bits per heavy atom. The maximum atomic E-state index is 2.18. The van der Waals surface area contributed by atoms with Crippen molar-refractivity contribution in [1.29, 1.82) is 0 Å². The summed E-state index contributed by atoms with van der Waals surface area (Å²) in [6.45, 7) is 4.31. The van der Waals surface area contributed by atoms with E-state index in [4.69, 9.17) is 0 Å². The number of benzene rings is 1. The van der Waals surface area contributed by atoms with E-state index in [1.807, 2.05) is 0 Å². The van der Waals surface area contributed by atoms with E-state index >= 15 is 0 Å². The van der Waals surface area contributed by atoms with Crippen molar-refractivity contribution in [3.8, 4) is 0 Å². The number of hydrogen-bond acceptors (Lipinski definition) is 0. The maximum Gasteiger partial charge on any atom is 0 e. The molecule has 0 saturated carbocycles. The number of rotatable bonds is 0. The SMILES string of the molecule is Cc1ccc(C)c2[cH-]ccc12.Cl.Cl.[Hf]. The second-order valence-corrected chi connectivity index (χ2v) is 3.05. The van der Waals surface area contributed by atoms with Gasteiger partial charge in [0.2, 0.25) is 0 Å². The van der Waals surface area contributed by atoms with Crippen molar-refractivity contribution in [3.05, 3.63) is 41.5 Å². The van der Waals surface area contributed by atoms with Gasteiger partial charge in [-0.1, -0.05) is 18.6 Å². The van der Waals surface area contributed by atoms with Gasteiger partial charge in [0.25, 0.3) is 0 Å². The molecule has 0 saturated heterocycles. The summed E-state index contributed by atoms with van der Waals surface area (Å²) >= 11 is 0. The average Bonchev–Trinajstić information content (AvgIpc) is 2.45. The summed E-state index contributed by atoms with van der Waals surface area (Å²) in [6, 6.07) is 10.8. The molecule has 2 aromatic carbocycles. The van der Waals surface area contributed by atoms with Crippen molar-refractivity contribution in [2.75, 3.05) is 0 Å². The Morgan fingerprint density at radius 2 is 1.50 bits per heavy atom. The summed E-state index contributed by atoms with van der Waals surface area (Å²) in [6.07, 6.45) is 0. The van der Waals surface area contributed by atoms with E-state index in [0.29, 0.717) is 0 Å². The molecule has 0 aliphatic rings. The van der Waals surface area contributed by atoms with Crippen LogP contribution in [0.1, 0.15) is 11.1 Å². The van der Waals surface area contributed by atoms with Crippen LogP contribution in [0.5, 0.6) is 0 Å². The number of aryl methyl sites for hydroxylation is 2. The molecule has 0 aromatic heterocycles. The monoisotopic (exact) mass is 395 g/mol. The van der Waals surface area contributed by atoms with Crippen LogP contribution in [0.25, 0.3) is 10.8 Å². The van der Waals surface area contributed by atoms with Gasteiger partial charge in [-0.3, -0.25) is 0 Å². The molecule has 3 heteroatoms. The molecular formula is C11H13Cl2Hf-. The molecule has 0 unspecified atom stereocenters. The van der Waals surface area contributed by atoms with E-state index in [1.165, 1.54) is 21.9 Å². The van der Waals surface area contributed by atoms with Gasteiger partial charge in [0.1, 0.15) is 0 Å². The Morgan fingerprint density at radius 3 is 2.07 bits per heavy atom. The summed E-state index contributed by atoms with van der Waals surface area (Å²) in [5.74, 6) is 0.